The van der Waals surface area contributed by atoms with Gasteiger partial charge in [-0.3, -0.25) is 4.79 Å². The van der Waals surface area contributed by atoms with E-state index in [2.05, 4.69) is 6.07 Å². The maximum absolute atomic E-state index is 13.5. The summed E-state index contributed by atoms with van der Waals surface area (Å²) >= 11 is 0. The van der Waals surface area contributed by atoms with Crippen molar-refractivity contribution in [3.63, 3.8) is 0 Å². The summed E-state index contributed by atoms with van der Waals surface area (Å²) in [5.74, 6) is 3.68. The van der Waals surface area contributed by atoms with Crippen LogP contribution in [0.25, 0.3) is 0 Å². The number of rotatable bonds is 5. The first-order valence-corrected chi connectivity index (χ1v) is 10.3. The van der Waals surface area contributed by atoms with Crippen LogP contribution in [0.4, 0.5) is 0 Å². The van der Waals surface area contributed by atoms with Crippen LogP contribution < -0.4 is 4.74 Å². The number of para-hydroxylation sites is 1. The average Bonchev–Trinajstić information content (AvgIpc) is 3.35. The Balaban J connectivity index is 1.44. The normalized spacial score (nSPS) is 25.9. The van der Waals surface area contributed by atoms with Gasteiger partial charge in [-0.1, -0.05) is 18.2 Å². The highest BCUT2D eigenvalue weighted by molar-refractivity contribution is 5.96. The third-order valence-electron chi connectivity index (χ3n) is 6.36. The van der Waals surface area contributed by atoms with Crippen molar-refractivity contribution < 1.29 is 18.7 Å². The van der Waals surface area contributed by atoms with Gasteiger partial charge >= 0.3 is 0 Å². The van der Waals surface area contributed by atoms with Gasteiger partial charge in [0.2, 0.25) is 0 Å². The SMILES string of the molecule is Cc1cc(C(=O)N2C[C@@H](COCC3CC3)[C@@H]3COc4ccccc4[C@@H]32)c(C)o1. The van der Waals surface area contributed by atoms with E-state index in [4.69, 9.17) is 13.9 Å². The van der Waals surface area contributed by atoms with Gasteiger partial charge in [0.15, 0.2) is 0 Å². The number of nitrogens with zero attached hydrogens (tertiary/aromatic N) is 1. The molecule has 1 amide bonds. The fraction of sp³-hybridized carbons (Fsp3) is 0.522. The molecule has 2 aromatic rings. The second kappa shape index (κ2) is 6.96. The summed E-state index contributed by atoms with van der Waals surface area (Å²) in [5, 5.41) is 0. The molecule has 0 spiro atoms. The van der Waals surface area contributed by atoms with Crippen molar-refractivity contribution in [2.24, 2.45) is 17.8 Å². The molecular formula is C23H27NO4. The number of likely N-dealkylation sites (tertiary alicyclic amines) is 1. The summed E-state index contributed by atoms with van der Waals surface area (Å²) in [6, 6.07) is 9.99. The number of aryl methyl sites for hydroxylation is 2. The quantitative estimate of drug-likeness (QED) is 0.781. The number of carbonyl (C=O) groups is 1. The number of fused-ring (bicyclic) bond motifs is 3. The first-order chi connectivity index (χ1) is 13.6. The third kappa shape index (κ3) is 3.12. The second-order valence-electron chi connectivity index (χ2n) is 8.48. The maximum atomic E-state index is 13.5. The number of hydrogen-bond acceptors (Lipinski definition) is 4. The summed E-state index contributed by atoms with van der Waals surface area (Å²) in [6.07, 6.45) is 2.58. The Morgan fingerprint density at radius 3 is 2.79 bits per heavy atom. The third-order valence-corrected chi connectivity index (χ3v) is 6.36. The maximum Gasteiger partial charge on any atom is 0.257 e. The zero-order valence-corrected chi connectivity index (χ0v) is 16.5. The molecule has 5 heteroatoms. The molecule has 148 valence electrons. The van der Waals surface area contributed by atoms with Gasteiger partial charge in [-0.2, -0.15) is 0 Å². The molecule has 5 rings (SSSR count). The van der Waals surface area contributed by atoms with Crippen molar-refractivity contribution in [2.75, 3.05) is 26.4 Å². The van der Waals surface area contributed by atoms with Gasteiger partial charge in [0.05, 0.1) is 24.8 Å². The molecule has 1 aromatic heterocycles. The Kier molecular flexibility index (Phi) is 4.43. The fourth-order valence-corrected chi connectivity index (χ4v) is 4.71. The highest BCUT2D eigenvalue weighted by atomic mass is 16.5. The second-order valence-corrected chi connectivity index (χ2v) is 8.48. The van der Waals surface area contributed by atoms with Gasteiger partial charge in [0.1, 0.15) is 17.3 Å². The number of ether oxygens (including phenoxy) is 2. The van der Waals surface area contributed by atoms with Crippen molar-refractivity contribution in [1.29, 1.82) is 0 Å². The van der Waals surface area contributed by atoms with Gasteiger partial charge in [0.25, 0.3) is 5.91 Å². The lowest BCUT2D eigenvalue weighted by atomic mass is 9.85. The fourth-order valence-electron chi connectivity index (χ4n) is 4.71. The Morgan fingerprint density at radius 2 is 2.04 bits per heavy atom. The first-order valence-electron chi connectivity index (χ1n) is 10.3. The van der Waals surface area contributed by atoms with Crippen LogP contribution >= 0.6 is 0 Å². The summed E-state index contributed by atoms with van der Waals surface area (Å²) < 4.78 is 17.7. The van der Waals surface area contributed by atoms with Crippen molar-refractivity contribution >= 4 is 5.91 Å². The highest BCUT2D eigenvalue weighted by Gasteiger charge is 2.48. The van der Waals surface area contributed by atoms with Crippen molar-refractivity contribution in [2.45, 2.75) is 32.7 Å². The largest absolute Gasteiger partial charge is 0.493 e. The molecule has 1 aromatic carbocycles. The molecule has 1 saturated heterocycles. The van der Waals surface area contributed by atoms with Gasteiger partial charge in [-0.25, -0.2) is 0 Å². The lowest BCUT2D eigenvalue weighted by molar-refractivity contribution is 0.0622. The average molecular weight is 381 g/mol. The number of benzene rings is 1. The van der Waals surface area contributed by atoms with E-state index in [-0.39, 0.29) is 23.8 Å². The standard InChI is InChI=1S/C23H27NO4/c1-14-9-19(15(2)28-14)23(25)24-10-17(12-26-11-16-7-8-16)20-13-27-21-6-4-3-5-18(21)22(20)24/h3-6,9,16-17,20,22H,7-8,10-13H2,1-2H3/t17-,20-,22-/m0/s1. The predicted molar refractivity (Wildman–Crippen MR) is 104 cm³/mol. The van der Waals surface area contributed by atoms with E-state index >= 15 is 0 Å². The van der Waals surface area contributed by atoms with Crippen molar-refractivity contribution in [3.8, 4) is 5.75 Å². The Labute approximate surface area is 165 Å². The highest BCUT2D eigenvalue weighted by Crippen LogP contribution is 2.48. The first kappa shape index (κ1) is 17.8. The molecule has 3 heterocycles. The molecule has 3 aliphatic rings. The van der Waals surface area contributed by atoms with Crippen LogP contribution in [0, 0.1) is 31.6 Å². The van der Waals surface area contributed by atoms with Crippen LogP contribution in [0.1, 0.15) is 46.3 Å². The lowest BCUT2D eigenvalue weighted by Crippen LogP contribution is -2.35. The molecule has 5 nitrogen and oxygen atoms in total. The summed E-state index contributed by atoms with van der Waals surface area (Å²) in [5.41, 5.74) is 1.77. The number of furan rings is 1. The number of hydrogen-bond donors (Lipinski definition) is 0. The minimum Gasteiger partial charge on any atom is -0.493 e. The van der Waals surface area contributed by atoms with Gasteiger partial charge in [-0.15, -0.1) is 0 Å². The molecule has 0 radical (unpaired) electrons. The van der Waals surface area contributed by atoms with Crippen LogP contribution in [0.15, 0.2) is 34.7 Å². The minimum absolute atomic E-state index is 0.0292. The van der Waals surface area contributed by atoms with Crippen LogP contribution in [0.2, 0.25) is 0 Å². The van der Waals surface area contributed by atoms with Gasteiger partial charge < -0.3 is 18.8 Å². The van der Waals surface area contributed by atoms with Crippen LogP contribution in [0.5, 0.6) is 5.75 Å². The Bertz CT molecular complexity index is 884. The van der Waals surface area contributed by atoms with Crippen LogP contribution in [-0.4, -0.2) is 37.2 Å². The molecule has 1 saturated carbocycles. The number of amides is 1. The van der Waals surface area contributed by atoms with Gasteiger partial charge in [-0.05, 0) is 44.7 Å². The molecule has 0 bridgehead atoms. The molecule has 0 N–H and O–H groups in total. The van der Waals surface area contributed by atoms with E-state index in [0.29, 0.717) is 31.1 Å². The molecule has 0 unspecified atom stereocenters. The molecule has 28 heavy (non-hydrogen) atoms. The van der Waals surface area contributed by atoms with Gasteiger partial charge in [0, 0.05) is 30.6 Å². The summed E-state index contributed by atoms with van der Waals surface area (Å²) in [7, 11) is 0. The molecule has 2 fully saturated rings. The summed E-state index contributed by atoms with van der Waals surface area (Å²) in [6.45, 7) is 6.61. The zero-order valence-electron chi connectivity index (χ0n) is 16.5. The van der Waals surface area contributed by atoms with Crippen LogP contribution in [0.3, 0.4) is 0 Å². The van der Waals surface area contributed by atoms with Crippen molar-refractivity contribution in [3.05, 3.63) is 53.0 Å². The Hall–Kier alpha value is -2.27. The smallest absolute Gasteiger partial charge is 0.257 e. The summed E-state index contributed by atoms with van der Waals surface area (Å²) in [4.78, 5) is 15.5. The molecular weight excluding hydrogens is 354 g/mol. The van der Waals surface area contributed by atoms with E-state index in [9.17, 15) is 4.79 Å². The minimum atomic E-state index is 0.0292. The predicted octanol–water partition coefficient (Wildman–Crippen LogP) is 4.14. The monoisotopic (exact) mass is 381 g/mol. The van der Waals surface area contributed by atoms with E-state index < -0.39 is 0 Å². The molecule has 3 atom stereocenters. The lowest BCUT2D eigenvalue weighted by Gasteiger charge is -2.34. The molecule has 2 aliphatic heterocycles. The van der Waals surface area contributed by atoms with E-state index in [1.807, 2.05) is 43.0 Å². The van der Waals surface area contributed by atoms with E-state index in [1.54, 1.807) is 0 Å². The van der Waals surface area contributed by atoms with E-state index in [1.165, 1.54) is 12.8 Å². The topological polar surface area (TPSA) is 51.9 Å². The van der Waals surface area contributed by atoms with Crippen LogP contribution in [-0.2, 0) is 4.74 Å². The number of carbonyl (C=O) groups excluding carboxylic acids is 1. The Morgan fingerprint density at radius 1 is 1.21 bits per heavy atom. The van der Waals surface area contributed by atoms with Crippen molar-refractivity contribution in [1.82, 2.24) is 4.90 Å². The molecule has 1 aliphatic carbocycles. The zero-order chi connectivity index (χ0) is 19.3. The van der Waals surface area contributed by atoms with E-state index in [0.717, 1.165) is 29.6 Å².